The number of nitrogens with zero attached hydrogens (tertiary/aromatic N) is 1. The van der Waals surface area contributed by atoms with Gasteiger partial charge in [-0.15, -0.1) is 0 Å². The zero-order valence-corrected chi connectivity index (χ0v) is 10.1. The molecule has 0 fully saturated rings. The van der Waals surface area contributed by atoms with Crippen molar-refractivity contribution >= 4 is 5.97 Å². The van der Waals surface area contributed by atoms with E-state index in [2.05, 4.69) is 4.98 Å². The lowest BCUT2D eigenvalue weighted by atomic mass is 10.2. The van der Waals surface area contributed by atoms with Crippen molar-refractivity contribution in [3.63, 3.8) is 0 Å². The number of hydrogen-bond acceptors (Lipinski definition) is 4. The molecule has 0 unspecified atom stereocenters. The van der Waals surface area contributed by atoms with Gasteiger partial charge in [-0.3, -0.25) is 0 Å². The lowest BCUT2D eigenvalue weighted by molar-refractivity contribution is 0.0647. The summed E-state index contributed by atoms with van der Waals surface area (Å²) in [5.41, 5.74) is -0.853. The Bertz CT molecular complexity index is 654. The van der Waals surface area contributed by atoms with Crippen LogP contribution >= 0.6 is 0 Å². The number of carboxylic acid groups (broad SMARTS) is 1. The number of halogens is 3. The molecule has 1 heterocycles. The van der Waals surface area contributed by atoms with Gasteiger partial charge in [-0.05, 0) is 18.2 Å². The monoisotopic (exact) mass is 287 g/mol. The van der Waals surface area contributed by atoms with Crippen molar-refractivity contribution in [3.05, 3.63) is 35.5 Å². The van der Waals surface area contributed by atoms with Gasteiger partial charge >= 0.3 is 5.97 Å². The van der Waals surface area contributed by atoms with Gasteiger partial charge in [-0.1, -0.05) is 0 Å². The summed E-state index contributed by atoms with van der Waals surface area (Å²) < 4.78 is 48.1. The highest BCUT2D eigenvalue weighted by Gasteiger charge is 2.27. The summed E-state index contributed by atoms with van der Waals surface area (Å²) in [4.78, 5) is 14.2. The first-order chi connectivity index (χ1) is 9.43. The molecule has 0 atom stereocenters. The molecule has 8 heteroatoms. The molecule has 0 aliphatic rings. The third-order valence-corrected chi connectivity index (χ3v) is 2.45. The Balaban J connectivity index is 2.53. The highest BCUT2D eigenvalue weighted by molar-refractivity contribution is 5.86. The minimum absolute atomic E-state index is 0.123. The number of rotatable bonds is 4. The summed E-state index contributed by atoms with van der Waals surface area (Å²) in [6.45, 7) is 0. The molecular formula is C12H8F3NO4. The third kappa shape index (κ3) is 2.44. The number of carbonyl (C=O) groups is 1. The molecule has 0 bridgehead atoms. The summed E-state index contributed by atoms with van der Waals surface area (Å²) in [5, 5.41) is 8.77. The predicted molar refractivity (Wildman–Crippen MR) is 60.4 cm³/mol. The van der Waals surface area contributed by atoms with Crippen molar-refractivity contribution in [2.75, 3.05) is 7.11 Å². The zero-order valence-electron chi connectivity index (χ0n) is 10.1. The standard InChI is InChI=1S/C12H8F3NO4/c1-19-7-4-5(2-3-6(7)13)11-16-8(10(14)15)9(20-11)12(17)18/h2-4,10H,1H3,(H,17,18). The van der Waals surface area contributed by atoms with E-state index in [9.17, 15) is 18.0 Å². The molecule has 0 saturated carbocycles. The molecule has 0 radical (unpaired) electrons. The van der Waals surface area contributed by atoms with Crippen LogP contribution in [0.5, 0.6) is 5.75 Å². The van der Waals surface area contributed by atoms with Crippen LogP contribution in [0, 0.1) is 5.82 Å². The van der Waals surface area contributed by atoms with Crippen LogP contribution in [0.25, 0.3) is 11.5 Å². The summed E-state index contributed by atoms with van der Waals surface area (Å²) in [6, 6.07) is 3.41. The molecule has 0 amide bonds. The summed E-state index contributed by atoms with van der Waals surface area (Å²) >= 11 is 0. The second kappa shape index (κ2) is 5.24. The number of aromatic nitrogens is 1. The molecule has 1 aromatic heterocycles. The van der Waals surface area contributed by atoms with Gasteiger partial charge in [0.15, 0.2) is 17.3 Å². The van der Waals surface area contributed by atoms with Gasteiger partial charge in [0.05, 0.1) is 7.11 Å². The molecule has 0 spiro atoms. The van der Waals surface area contributed by atoms with Crippen molar-refractivity contribution in [3.8, 4) is 17.2 Å². The maximum atomic E-state index is 13.2. The predicted octanol–water partition coefficient (Wildman–Crippen LogP) is 3.13. The Morgan fingerprint density at radius 1 is 1.45 bits per heavy atom. The van der Waals surface area contributed by atoms with Crippen LogP contribution in [0.4, 0.5) is 13.2 Å². The molecule has 2 aromatic rings. The van der Waals surface area contributed by atoms with E-state index in [0.29, 0.717) is 0 Å². The van der Waals surface area contributed by atoms with E-state index in [0.717, 1.165) is 6.07 Å². The highest BCUT2D eigenvalue weighted by atomic mass is 19.3. The average molecular weight is 287 g/mol. The number of aromatic carboxylic acids is 1. The second-order valence-corrected chi connectivity index (χ2v) is 3.69. The van der Waals surface area contributed by atoms with Crippen LogP contribution in [0.15, 0.2) is 22.6 Å². The molecule has 0 saturated heterocycles. The van der Waals surface area contributed by atoms with Gasteiger partial charge in [-0.25, -0.2) is 22.9 Å². The minimum Gasteiger partial charge on any atom is -0.494 e. The Hall–Kier alpha value is -2.51. The molecule has 20 heavy (non-hydrogen) atoms. The fourth-order valence-electron chi connectivity index (χ4n) is 1.55. The summed E-state index contributed by atoms with van der Waals surface area (Å²) in [6.07, 6.45) is -3.10. The van der Waals surface area contributed by atoms with Crippen molar-refractivity contribution in [2.45, 2.75) is 6.43 Å². The lowest BCUT2D eigenvalue weighted by Gasteiger charge is -2.02. The summed E-state index contributed by atoms with van der Waals surface area (Å²) in [5.74, 6) is -3.76. The van der Waals surface area contributed by atoms with E-state index in [4.69, 9.17) is 14.3 Å². The van der Waals surface area contributed by atoms with Crippen LogP contribution < -0.4 is 4.74 Å². The van der Waals surface area contributed by atoms with Crippen molar-refractivity contribution in [1.82, 2.24) is 4.98 Å². The number of methoxy groups -OCH3 is 1. The number of carboxylic acids is 1. The van der Waals surface area contributed by atoms with Crippen molar-refractivity contribution < 1.29 is 32.2 Å². The van der Waals surface area contributed by atoms with Crippen LogP contribution in [0.2, 0.25) is 0 Å². The fraction of sp³-hybridized carbons (Fsp3) is 0.167. The average Bonchev–Trinajstić information content (AvgIpc) is 2.84. The van der Waals surface area contributed by atoms with Crippen LogP contribution in [-0.4, -0.2) is 23.2 Å². The van der Waals surface area contributed by atoms with Crippen LogP contribution in [0.3, 0.4) is 0 Å². The number of hydrogen-bond donors (Lipinski definition) is 1. The van der Waals surface area contributed by atoms with Gasteiger partial charge in [0.25, 0.3) is 6.43 Å². The zero-order chi connectivity index (χ0) is 14.9. The minimum atomic E-state index is -3.10. The quantitative estimate of drug-likeness (QED) is 0.935. The van der Waals surface area contributed by atoms with E-state index in [1.54, 1.807) is 0 Å². The van der Waals surface area contributed by atoms with Crippen LogP contribution in [-0.2, 0) is 0 Å². The topological polar surface area (TPSA) is 72.6 Å². The normalized spacial score (nSPS) is 10.8. The van der Waals surface area contributed by atoms with Crippen molar-refractivity contribution in [2.24, 2.45) is 0 Å². The van der Waals surface area contributed by atoms with E-state index in [1.165, 1.54) is 19.2 Å². The fourth-order valence-corrected chi connectivity index (χ4v) is 1.55. The molecule has 1 N–H and O–H groups in total. The van der Waals surface area contributed by atoms with E-state index in [-0.39, 0.29) is 17.2 Å². The van der Waals surface area contributed by atoms with E-state index >= 15 is 0 Å². The Morgan fingerprint density at radius 2 is 2.15 bits per heavy atom. The lowest BCUT2D eigenvalue weighted by Crippen LogP contribution is -1.99. The molecule has 0 aliphatic heterocycles. The van der Waals surface area contributed by atoms with Gasteiger partial charge in [-0.2, -0.15) is 0 Å². The Kier molecular flexibility index (Phi) is 3.64. The molecule has 2 rings (SSSR count). The largest absolute Gasteiger partial charge is 0.494 e. The molecule has 0 aliphatic carbocycles. The van der Waals surface area contributed by atoms with E-state index < -0.39 is 29.7 Å². The molecule has 106 valence electrons. The van der Waals surface area contributed by atoms with Gasteiger partial charge < -0.3 is 14.3 Å². The first kappa shape index (κ1) is 13.9. The molecule has 1 aromatic carbocycles. The third-order valence-electron chi connectivity index (χ3n) is 2.45. The van der Waals surface area contributed by atoms with E-state index in [1.807, 2.05) is 0 Å². The van der Waals surface area contributed by atoms with Crippen LogP contribution in [0.1, 0.15) is 22.7 Å². The number of benzene rings is 1. The maximum absolute atomic E-state index is 13.2. The van der Waals surface area contributed by atoms with Gasteiger partial charge in [0.1, 0.15) is 0 Å². The second-order valence-electron chi connectivity index (χ2n) is 3.69. The SMILES string of the molecule is COc1cc(-c2nc(C(F)F)c(C(=O)O)o2)ccc1F. The van der Waals surface area contributed by atoms with Crippen molar-refractivity contribution in [1.29, 1.82) is 0 Å². The first-order valence-corrected chi connectivity index (χ1v) is 5.30. The number of alkyl halides is 2. The molecule has 5 nitrogen and oxygen atoms in total. The van der Waals surface area contributed by atoms with Gasteiger partial charge in [0.2, 0.25) is 11.7 Å². The Morgan fingerprint density at radius 3 is 2.65 bits per heavy atom. The highest BCUT2D eigenvalue weighted by Crippen LogP contribution is 2.30. The Labute approximate surface area is 110 Å². The maximum Gasteiger partial charge on any atom is 0.374 e. The van der Waals surface area contributed by atoms with Gasteiger partial charge in [0, 0.05) is 5.56 Å². The molecular weight excluding hydrogens is 279 g/mol. The smallest absolute Gasteiger partial charge is 0.374 e. The number of ether oxygens (including phenoxy) is 1. The first-order valence-electron chi connectivity index (χ1n) is 5.30. The summed E-state index contributed by atoms with van der Waals surface area (Å²) in [7, 11) is 1.23. The number of oxazole rings is 1.